The summed E-state index contributed by atoms with van der Waals surface area (Å²) in [6, 6.07) is 11.4. The molecule has 8 heteroatoms. The first-order valence-electron chi connectivity index (χ1n) is 11.1. The number of anilines is 1. The first kappa shape index (κ1) is 20.9. The van der Waals surface area contributed by atoms with Crippen LogP contribution in [0.1, 0.15) is 28.8 Å². The molecule has 0 bridgehead atoms. The third-order valence-electron chi connectivity index (χ3n) is 6.77. The standard InChI is InChI=1S/C24H28N4O4/c1-31-23(30)19-4-2-18(3-5-19)14-26-15-21(29)28-17-24(32-22(28)16-26)8-12-27(13-9-24)20-6-10-25-11-7-20/h2-7,10-11,22H,8-9,12-17H2,1H3. The van der Waals surface area contributed by atoms with E-state index in [1.807, 2.05) is 41.6 Å². The van der Waals surface area contributed by atoms with Crippen LogP contribution in [0.25, 0.3) is 0 Å². The number of esters is 1. The molecule has 32 heavy (non-hydrogen) atoms. The van der Waals surface area contributed by atoms with Crippen molar-refractivity contribution in [3.05, 3.63) is 59.9 Å². The summed E-state index contributed by atoms with van der Waals surface area (Å²) >= 11 is 0. The number of pyridine rings is 1. The van der Waals surface area contributed by atoms with Crippen LogP contribution in [-0.4, -0.2) is 78.3 Å². The number of fused-ring (bicyclic) bond motifs is 1. The molecule has 3 saturated heterocycles. The highest BCUT2D eigenvalue weighted by Crippen LogP contribution is 2.38. The summed E-state index contributed by atoms with van der Waals surface area (Å²) in [7, 11) is 1.37. The van der Waals surface area contributed by atoms with Crippen molar-refractivity contribution in [2.45, 2.75) is 31.2 Å². The van der Waals surface area contributed by atoms with Crippen LogP contribution in [0.5, 0.6) is 0 Å². The molecule has 5 rings (SSSR count). The average Bonchev–Trinajstić information content (AvgIpc) is 3.18. The van der Waals surface area contributed by atoms with Crippen molar-refractivity contribution in [3.63, 3.8) is 0 Å². The van der Waals surface area contributed by atoms with Crippen molar-refractivity contribution in [1.82, 2.24) is 14.8 Å². The van der Waals surface area contributed by atoms with Crippen molar-refractivity contribution in [1.29, 1.82) is 0 Å². The molecular formula is C24H28N4O4. The largest absolute Gasteiger partial charge is 0.465 e. The number of piperazine rings is 1. The lowest BCUT2D eigenvalue weighted by molar-refractivity contribution is -0.149. The Morgan fingerprint density at radius 3 is 2.56 bits per heavy atom. The molecule has 4 heterocycles. The molecule has 1 spiro atoms. The number of rotatable bonds is 4. The minimum Gasteiger partial charge on any atom is -0.465 e. The number of ether oxygens (including phenoxy) is 2. The average molecular weight is 437 g/mol. The van der Waals surface area contributed by atoms with Gasteiger partial charge in [0.2, 0.25) is 5.91 Å². The summed E-state index contributed by atoms with van der Waals surface area (Å²) in [6.07, 6.45) is 5.26. The summed E-state index contributed by atoms with van der Waals surface area (Å²) in [5.41, 5.74) is 2.52. The van der Waals surface area contributed by atoms with Crippen molar-refractivity contribution < 1.29 is 19.1 Å². The molecule has 3 aliphatic heterocycles. The highest BCUT2D eigenvalue weighted by Gasteiger charge is 2.50. The SMILES string of the molecule is COC(=O)c1ccc(CN2CC(=O)N3CC4(CCN(c5ccncc5)CC4)OC3C2)cc1. The predicted molar refractivity (Wildman–Crippen MR) is 118 cm³/mol. The van der Waals surface area contributed by atoms with Crippen molar-refractivity contribution in [2.75, 3.05) is 44.7 Å². The Labute approximate surface area is 187 Å². The topological polar surface area (TPSA) is 75.2 Å². The zero-order chi connectivity index (χ0) is 22.1. The number of carbonyl (C=O) groups is 2. The van der Waals surface area contributed by atoms with Crippen molar-refractivity contribution >= 4 is 17.6 Å². The molecule has 3 aliphatic rings. The number of amides is 1. The maximum absolute atomic E-state index is 12.9. The van der Waals surface area contributed by atoms with E-state index in [1.165, 1.54) is 12.8 Å². The van der Waals surface area contributed by atoms with Crippen LogP contribution >= 0.6 is 0 Å². The molecule has 2 aromatic rings. The molecule has 8 nitrogen and oxygen atoms in total. The van der Waals surface area contributed by atoms with E-state index in [-0.39, 0.29) is 23.7 Å². The van der Waals surface area contributed by atoms with Gasteiger partial charge in [-0.1, -0.05) is 12.1 Å². The second-order valence-electron chi connectivity index (χ2n) is 8.83. The minimum absolute atomic E-state index is 0.126. The van der Waals surface area contributed by atoms with E-state index in [0.717, 1.165) is 31.5 Å². The first-order valence-corrected chi connectivity index (χ1v) is 11.1. The molecule has 1 amide bonds. The van der Waals surface area contributed by atoms with Crippen LogP contribution in [0.4, 0.5) is 5.69 Å². The number of aromatic nitrogens is 1. The molecule has 0 radical (unpaired) electrons. The number of benzene rings is 1. The number of piperidine rings is 1. The van der Waals surface area contributed by atoms with Gasteiger partial charge in [0.25, 0.3) is 0 Å². The number of carbonyl (C=O) groups excluding carboxylic acids is 2. The van der Waals surface area contributed by atoms with E-state index >= 15 is 0 Å². The Morgan fingerprint density at radius 1 is 1.16 bits per heavy atom. The Hall–Kier alpha value is -2.97. The summed E-state index contributed by atoms with van der Waals surface area (Å²) in [4.78, 5) is 35.0. The fraction of sp³-hybridized carbons (Fsp3) is 0.458. The molecule has 1 aromatic heterocycles. The van der Waals surface area contributed by atoms with E-state index in [2.05, 4.69) is 14.8 Å². The Kier molecular flexibility index (Phi) is 5.57. The van der Waals surface area contributed by atoms with Crippen molar-refractivity contribution in [3.8, 4) is 0 Å². The Bertz CT molecular complexity index is 973. The van der Waals surface area contributed by atoms with E-state index in [9.17, 15) is 9.59 Å². The number of methoxy groups -OCH3 is 1. The van der Waals surface area contributed by atoms with Crippen LogP contribution in [0.2, 0.25) is 0 Å². The van der Waals surface area contributed by atoms with E-state index in [1.54, 1.807) is 12.1 Å². The summed E-state index contributed by atoms with van der Waals surface area (Å²) in [5, 5.41) is 0. The van der Waals surface area contributed by atoms with Gasteiger partial charge in [0.15, 0.2) is 0 Å². The van der Waals surface area contributed by atoms with E-state index in [4.69, 9.17) is 9.47 Å². The highest BCUT2D eigenvalue weighted by molar-refractivity contribution is 5.89. The van der Waals surface area contributed by atoms with Crippen LogP contribution in [0.3, 0.4) is 0 Å². The van der Waals surface area contributed by atoms with Gasteiger partial charge in [-0.15, -0.1) is 0 Å². The van der Waals surface area contributed by atoms with Gasteiger partial charge in [-0.2, -0.15) is 0 Å². The lowest BCUT2D eigenvalue weighted by Gasteiger charge is -2.39. The minimum atomic E-state index is -0.347. The fourth-order valence-electron chi connectivity index (χ4n) is 5.00. The number of hydrogen-bond donors (Lipinski definition) is 0. The van der Waals surface area contributed by atoms with Crippen LogP contribution in [0, 0.1) is 0 Å². The summed E-state index contributed by atoms with van der Waals surface area (Å²) in [6.45, 7) is 4.23. The van der Waals surface area contributed by atoms with Gasteiger partial charge in [0, 0.05) is 44.3 Å². The Balaban J connectivity index is 1.20. The Morgan fingerprint density at radius 2 is 1.88 bits per heavy atom. The van der Waals surface area contributed by atoms with Gasteiger partial charge in [-0.3, -0.25) is 14.7 Å². The molecule has 3 fully saturated rings. The highest BCUT2D eigenvalue weighted by atomic mass is 16.5. The molecule has 0 saturated carbocycles. The molecule has 1 unspecified atom stereocenters. The third kappa shape index (κ3) is 4.08. The van der Waals surface area contributed by atoms with Gasteiger partial charge >= 0.3 is 5.97 Å². The van der Waals surface area contributed by atoms with Gasteiger partial charge in [-0.05, 0) is 42.7 Å². The fourth-order valence-corrected chi connectivity index (χ4v) is 5.00. The summed E-state index contributed by atoms with van der Waals surface area (Å²) in [5.74, 6) is -0.221. The lowest BCUT2D eigenvalue weighted by Crippen LogP contribution is -2.53. The van der Waals surface area contributed by atoms with Gasteiger partial charge < -0.3 is 19.3 Å². The number of nitrogens with zero attached hydrogens (tertiary/aromatic N) is 4. The van der Waals surface area contributed by atoms with Crippen LogP contribution in [-0.2, 0) is 20.8 Å². The monoisotopic (exact) mass is 436 g/mol. The number of hydrogen-bond acceptors (Lipinski definition) is 7. The normalized spacial score (nSPS) is 22.8. The van der Waals surface area contributed by atoms with Crippen LogP contribution < -0.4 is 4.90 Å². The summed E-state index contributed by atoms with van der Waals surface area (Å²) < 4.78 is 11.3. The molecular weight excluding hydrogens is 408 g/mol. The van der Waals surface area contributed by atoms with E-state index in [0.29, 0.717) is 31.7 Å². The molecule has 0 N–H and O–H groups in total. The quantitative estimate of drug-likeness (QED) is 0.678. The maximum atomic E-state index is 12.9. The van der Waals surface area contributed by atoms with Gasteiger partial charge in [-0.25, -0.2) is 4.79 Å². The smallest absolute Gasteiger partial charge is 0.337 e. The van der Waals surface area contributed by atoms with Crippen molar-refractivity contribution in [2.24, 2.45) is 0 Å². The zero-order valence-electron chi connectivity index (χ0n) is 18.3. The second-order valence-corrected chi connectivity index (χ2v) is 8.83. The molecule has 168 valence electrons. The third-order valence-corrected chi connectivity index (χ3v) is 6.77. The molecule has 1 atom stereocenters. The van der Waals surface area contributed by atoms with Crippen LogP contribution in [0.15, 0.2) is 48.8 Å². The maximum Gasteiger partial charge on any atom is 0.337 e. The lowest BCUT2D eigenvalue weighted by atomic mass is 9.91. The molecule has 1 aromatic carbocycles. The predicted octanol–water partition coefficient (Wildman–Crippen LogP) is 1.91. The zero-order valence-corrected chi connectivity index (χ0v) is 18.3. The molecule has 0 aliphatic carbocycles. The van der Waals surface area contributed by atoms with Gasteiger partial charge in [0.05, 0.1) is 31.4 Å². The van der Waals surface area contributed by atoms with Gasteiger partial charge in [0.1, 0.15) is 6.23 Å². The second kappa shape index (κ2) is 8.52. The first-order chi connectivity index (χ1) is 15.5. The van der Waals surface area contributed by atoms with E-state index < -0.39 is 0 Å².